The van der Waals surface area contributed by atoms with Gasteiger partial charge in [-0.1, -0.05) is 54.4 Å². The number of hydrogen-bond acceptors (Lipinski definition) is 3. The van der Waals surface area contributed by atoms with Gasteiger partial charge < -0.3 is 5.32 Å². The number of rotatable bonds is 3. The maximum Gasteiger partial charge on any atom is 0.264 e. The molecule has 0 spiro atoms. The molecule has 3 rings (SSSR count). The van der Waals surface area contributed by atoms with Crippen molar-refractivity contribution in [3.8, 4) is 0 Å². The fourth-order valence-corrected chi connectivity index (χ4v) is 3.29. The zero-order chi connectivity index (χ0) is 17.1. The lowest BCUT2D eigenvalue weighted by molar-refractivity contribution is -0.115. The molecule has 1 amide bonds. The van der Waals surface area contributed by atoms with E-state index in [9.17, 15) is 4.79 Å². The highest BCUT2D eigenvalue weighted by molar-refractivity contribution is 8.18. The predicted molar refractivity (Wildman–Crippen MR) is 103 cm³/mol. The summed E-state index contributed by atoms with van der Waals surface area (Å²) >= 11 is 13.2. The summed E-state index contributed by atoms with van der Waals surface area (Å²) in [6.45, 7) is 2.11. The fourth-order valence-electron chi connectivity index (χ4n) is 2.15. The Hall–Kier alpha value is -1.75. The molecule has 1 saturated heterocycles. The number of carbonyl (C=O) groups is 1. The molecule has 0 saturated carbocycles. The topological polar surface area (TPSA) is 41.5 Å². The first kappa shape index (κ1) is 17.1. The lowest BCUT2D eigenvalue weighted by Crippen LogP contribution is -2.19. The largest absolute Gasteiger partial charge is 0.300 e. The van der Waals surface area contributed by atoms with E-state index in [-0.39, 0.29) is 5.91 Å². The second-order valence-corrected chi connectivity index (χ2v) is 7.02. The van der Waals surface area contributed by atoms with E-state index in [4.69, 9.17) is 23.2 Å². The molecule has 1 aliphatic rings. The minimum atomic E-state index is -0.154. The van der Waals surface area contributed by atoms with Crippen LogP contribution in [-0.2, 0) is 11.2 Å². The third-order valence-corrected chi connectivity index (χ3v) is 5.12. The van der Waals surface area contributed by atoms with E-state index in [1.54, 1.807) is 18.2 Å². The molecule has 1 heterocycles. The van der Waals surface area contributed by atoms with Gasteiger partial charge >= 0.3 is 0 Å². The molecule has 122 valence electrons. The molecule has 1 N–H and O–H groups in total. The van der Waals surface area contributed by atoms with Crippen molar-refractivity contribution in [2.45, 2.75) is 13.3 Å². The number of nitrogens with one attached hydrogen (secondary N) is 1. The van der Waals surface area contributed by atoms with Crippen molar-refractivity contribution >= 4 is 57.8 Å². The molecule has 3 nitrogen and oxygen atoms in total. The van der Waals surface area contributed by atoms with E-state index < -0.39 is 0 Å². The molecular formula is C18H14Cl2N2OS. The standard InChI is InChI=1S/C18H14Cl2N2OS/c1-2-11-3-5-12(6-4-11)9-16-17(23)22-18(24-16)21-13-7-8-14(19)15(20)10-13/h3-10H,2H2,1H3,(H,21,22,23)/b16-9-. The van der Waals surface area contributed by atoms with Gasteiger partial charge in [0.05, 0.1) is 20.6 Å². The zero-order valence-electron chi connectivity index (χ0n) is 12.8. The van der Waals surface area contributed by atoms with Gasteiger partial charge in [-0.05, 0) is 53.6 Å². The average Bonchev–Trinajstić information content (AvgIpc) is 2.91. The molecule has 0 aromatic heterocycles. The summed E-state index contributed by atoms with van der Waals surface area (Å²) in [5, 5.41) is 4.18. The monoisotopic (exact) mass is 376 g/mol. The van der Waals surface area contributed by atoms with Crippen molar-refractivity contribution in [2.24, 2.45) is 4.99 Å². The van der Waals surface area contributed by atoms with Crippen molar-refractivity contribution in [3.05, 3.63) is 68.5 Å². The van der Waals surface area contributed by atoms with E-state index in [2.05, 4.69) is 29.4 Å². The highest BCUT2D eigenvalue weighted by Crippen LogP contribution is 2.30. The maximum absolute atomic E-state index is 12.1. The van der Waals surface area contributed by atoms with Gasteiger partial charge in [0.1, 0.15) is 0 Å². The van der Waals surface area contributed by atoms with E-state index in [0.717, 1.165) is 12.0 Å². The fraction of sp³-hybridized carbons (Fsp3) is 0.111. The van der Waals surface area contributed by atoms with Gasteiger partial charge in [0, 0.05) is 0 Å². The Balaban J connectivity index is 1.80. The molecule has 2 aromatic carbocycles. The van der Waals surface area contributed by atoms with Crippen LogP contribution in [0, 0.1) is 0 Å². The summed E-state index contributed by atoms with van der Waals surface area (Å²) in [5.41, 5.74) is 2.89. The van der Waals surface area contributed by atoms with Crippen molar-refractivity contribution < 1.29 is 4.79 Å². The average molecular weight is 377 g/mol. The molecule has 0 unspecified atom stereocenters. The van der Waals surface area contributed by atoms with Crippen molar-refractivity contribution in [2.75, 3.05) is 0 Å². The number of hydrogen-bond donors (Lipinski definition) is 1. The van der Waals surface area contributed by atoms with Gasteiger partial charge in [-0.3, -0.25) is 4.79 Å². The van der Waals surface area contributed by atoms with E-state index in [0.29, 0.717) is 25.8 Å². The minimum Gasteiger partial charge on any atom is -0.300 e. The van der Waals surface area contributed by atoms with Gasteiger partial charge in [0.15, 0.2) is 5.17 Å². The first-order valence-electron chi connectivity index (χ1n) is 7.38. The molecule has 0 radical (unpaired) electrons. The minimum absolute atomic E-state index is 0.154. The van der Waals surface area contributed by atoms with Gasteiger partial charge in [-0.15, -0.1) is 0 Å². The number of benzene rings is 2. The number of halogens is 2. The third-order valence-electron chi connectivity index (χ3n) is 3.47. The van der Waals surface area contributed by atoms with Crippen LogP contribution in [-0.4, -0.2) is 11.1 Å². The third kappa shape index (κ3) is 4.01. The molecule has 0 atom stereocenters. The highest BCUT2D eigenvalue weighted by atomic mass is 35.5. The van der Waals surface area contributed by atoms with E-state index in [1.165, 1.54) is 17.3 Å². The Bertz CT molecular complexity index is 845. The Morgan fingerprint density at radius 2 is 1.88 bits per heavy atom. The summed E-state index contributed by atoms with van der Waals surface area (Å²) in [6.07, 6.45) is 2.85. The molecule has 6 heteroatoms. The molecule has 0 aliphatic carbocycles. The van der Waals surface area contributed by atoms with Crippen molar-refractivity contribution in [1.29, 1.82) is 0 Å². The molecular weight excluding hydrogens is 363 g/mol. The second-order valence-electron chi connectivity index (χ2n) is 5.18. The predicted octanol–water partition coefficient (Wildman–Crippen LogP) is 5.45. The van der Waals surface area contributed by atoms with Crippen LogP contribution in [0.25, 0.3) is 6.08 Å². The summed E-state index contributed by atoms with van der Waals surface area (Å²) in [7, 11) is 0. The van der Waals surface area contributed by atoms with Crippen LogP contribution in [0.1, 0.15) is 18.1 Å². The SMILES string of the molecule is CCc1ccc(/C=C2\SC(=Nc3ccc(Cl)c(Cl)c3)NC2=O)cc1. The lowest BCUT2D eigenvalue weighted by Gasteiger charge is -1.99. The summed E-state index contributed by atoms with van der Waals surface area (Å²) in [6, 6.07) is 13.2. The highest BCUT2D eigenvalue weighted by Gasteiger charge is 2.23. The van der Waals surface area contributed by atoms with Crippen LogP contribution in [0.4, 0.5) is 5.69 Å². The summed E-state index contributed by atoms with van der Waals surface area (Å²) in [4.78, 5) is 17.1. The Labute approximate surface area is 154 Å². The first-order valence-corrected chi connectivity index (χ1v) is 8.96. The summed E-state index contributed by atoms with van der Waals surface area (Å²) in [5.74, 6) is -0.154. The Morgan fingerprint density at radius 3 is 2.54 bits per heavy atom. The van der Waals surface area contributed by atoms with Crippen LogP contribution in [0.5, 0.6) is 0 Å². The molecule has 2 aromatic rings. The van der Waals surface area contributed by atoms with Gasteiger partial charge in [0.25, 0.3) is 5.91 Å². The number of aliphatic imine (C=N–C) groups is 1. The second kappa shape index (κ2) is 7.43. The van der Waals surface area contributed by atoms with Crippen LogP contribution in [0.2, 0.25) is 10.0 Å². The van der Waals surface area contributed by atoms with Crippen LogP contribution in [0.15, 0.2) is 52.4 Å². The number of amidine groups is 1. The van der Waals surface area contributed by atoms with E-state index >= 15 is 0 Å². The maximum atomic E-state index is 12.1. The van der Waals surface area contributed by atoms with Crippen molar-refractivity contribution in [3.63, 3.8) is 0 Å². The molecule has 1 fully saturated rings. The van der Waals surface area contributed by atoms with Crippen LogP contribution in [0.3, 0.4) is 0 Å². The van der Waals surface area contributed by atoms with Crippen LogP contribution >= 0.6 is 35.0 Å². The Kier molecular flexibility index (Phi) is 5.29. The number of thioether (sulfide) groups is 1. The van der Waals surface area contributed by atoms with Gasteiger partial charge in [-0.2, -0.15) is 0 Å². The van der Waals surface area contributed by atoms with Gasteiger partial charge in [0.2, 0.25) is 0 Å². The Morgan fingerprint density at radius 1 is 1.12 bits per heavy atom. The number of carbonyl (C=O) groups excluding carboxylic acids is 1. The summed E-state index contributed by atoms with van der Waals surface area (Å²) < 4.78 is 0. The van der Waals surface area contributed by atoms with Crippen LogP contribution < -0.4 is 5.32 Å². The lowest BCUT2D eigenvalue weighted by atomic mass is 10.1. The zero-order valence-corrected chi connectivity index (χ0v) is 15.2. The normalized spacial score (nSPS) is 17.5. The smallest absolute Gasteiger partial charge is 0.264 e. The molecule has 1 aliphatic heterocycles. The number of amides is 1. The van der Waals surface area contributed by atoms with Crippen molar-refractivity contribution in [1.82, 2.24) is 5.32 Å². The quantitative estimate of drug-likeness (QED) is 0.723. The number of aryl methyl sites for hydroxylation is 1. The first-order chi connectivity index (χ1) is 11.5. The van der Waals surface area contributed by atoms with E-state index in [1.807, 2.05) is 18.2 Å². The molecule has 24 heavy (non-hydrogen) atoms. The van der Waals surface area contributed by atoms with Gasteiger partial charge in [-0.25, -0.2) is 4.99 Å². The number of nitrogens with zero attached hydrogens (tertiary/aromatic N) is 1. The molecule has 0 bridgehead atoms.